The summed E-state index contributed by atoms with van der Waals surface area (Å²) in [5.74, 6) is 1.39. The van der Waals surface area contributed by atoms with Crippen LogP contribution in [0.3, 0.4) is 0 Å². The highest BCUT2D eigenvalue weighted by Gasteiger charge is 2.13. The van der Waals surface area contributed by atoms with Gasteiger partial charge in [0.05, 0.1) is 7.11 Å². The van der Waals surface area contributed by atoms with Gasteiger partial charge in [0.25, 0.3) is 0 Å². The average molecular weight is 245 g/mol. The molecule has 0 aromatic heterocycles. The van der Waals surface area contributed by atoms with E-state index in [1.807, 2.05) is 24.3 Å². The summed E-state index contributed by atoms with van der Waals surface area (Å²) in [5, 5.41) is 2.95. The Labute approximate surface area is 108 Å². The molecule has 96 valence electrons. The molecular weight excluding hydrogens is 226 g/mol. The lowest BCUT2D eigenvalue weighted by molar-refractivity contribution is -0.121. The Hall–Kier alpha value is -1.77. The van der Waals surface area contributed by atoms with Crippen molar-refractivity contribution in [2.24, 2.45) is 5.92 Å². The highest BCUT2D eigenvalue weighted by molar-refractivity contribution is 5.76. The second kappa shape index (κ2) is 6.24. The molecule has 1 aromatic rings. The number of rotatable bonds is 5. The van der Waals surface area contributed by atoms with Crippen molar-refractivity contribution in [2.75, 3.05) is 7.11 Å². The summed E-state index contributed by atoms with van der Waals surface area (Å²) in [6.45, 7) is 0.583. The van der Waals surface area contributed by atoms with E-state index >= 15 is 0 Å². The van der Waals surface area contributed by atoms with Crippen LogP contribution < -0.4 is 10.1 Å². The number of hydrogen-bond acceptors (Lipinski definition) is 2. The summed E-state index contributed by atoms with van der Waals surface area (Å²) in [6.07, 6.45) is 7.12. The van der Waals surface area contributed by atoms with Crippen molar-refractivity contribution in [1.82, 2.24) is 5.32 Å². The normalized spacial score (nSPS) is 17.7. The molecule has 3 heteroatoms. The van der Waals surface area contributed by atoms with E-state index in [1.54, 1.807) is 7.11 Å². The minimum absolute atomic E-state index is 0.127. The third kappa shape index (κ3) is 3.62. The van der Waals surface area contributed by atoms with Crippen molar-refractivity contribution >= 4 is 5.91 Å². The first-order valence-corrected chi connectivity index (χ1v) is 6.34. The van der Waals surface area contributed by atoms with Gasteiger partial charge in [0.15, 0.2) is 0 Å². The molecule has 2 rings (SSSR count). The monoisotopic (exact) mass is 245 g/mol. The lowest BCUT2D eigenvalue weighted by Crippen LogP contribution is -2.24. The van der Waals surface area contributed by atoms with Crippen molar-refractivity contribution in [3.63, 3.8) is 0 Å². The van der Waals surface area contributed by atoms with Gasteiger partial charge in [-0.25, -0.2) is 0 Å². The number of ether oxygens (including phenoxy) is 1. The molecule has 0 radical (unpaired) electrons. The number of carbonyl (C=O) groups excluding carboxylic acids is 1. The molecule has 1 aromatic carbocycles. The molecule has 1 amide bonds. The van der Waals surface area contributed by atoms with Crippen molar-refractivity contribution in [2.45, 2.75) is 25.8 Å². The van der Waals surface area contributed by atoms with Crippen LogP contribution in [0.2, 0.25) is 0 Å². The zero-order chi connectivity index (χ0) is 12.8. The van der Waals surface area contributed by atoms with Gasteiger partial charge < -0.3 is 10.1 Å². The van der Waals surface area contributed by atoms with E-state index in [9.17, 15) is 4.79 Å². The Balaban J connectivity index is 1.75. The fourth-order valence-corrected chi connectivity index (χ4v) is 2.12. The van der Waals surface area contributed by atoms with E-state index in [-0.39, 0.29) is 5.91 Å². The maximum Gasteiger partial charge on any atom is 0.220 e. The lowest BCUT2D eigenvalue weighted by Gasteiger charge is -2.09. The zero-order valence-corrected chi connectivity index (χ0v) is 10.7. The highest BCUT2D eigenvalue weighted by atomic mass is 16.5. The van der Waals surface area contributed by atoms with E-state index in [0.717, 1.165) is 24.2 Å². The van der Waals surface area contributed by atoms with Crippen LogP contribution in [-0.2, 0) is 11.3 Å². The quantitative estimate of drug-likeness (QED) is 0.810. The summed E-state index contributed by atoms with van der Waals surface area (Å²) in [7, 11) is 1.64. The van der Waals surface area contributed by atoms with E-state index < -0.39 is 0 Å². The van der Waals surface area contributed by atoms with Crippen LogP contribution in [0.1, 0.15) is 24.8 Å². The summed E-state index contributed by atoms with van der Waals surface area (Å²) in [4.78, 5) is 11.7. The molecule has 1 N–H and O–H groups in total. The Morgan fingerprint density at radius 3 is 2.78 bits per heavy atom. The summed E-state index contributed by atoms with van der Waals surface area (Å²) in [6, 6.07) is 7.74. The third-order valence-corrected chi connectivity index (χ3v) is 3.21. The fraction of sp³-hybridized carbons (Fsp3) is 0.400. The van der Waals surface area contributed by atoms with Crippen LogP contribution >= 0.6 is 0 Å². The molecule has 0 unspecified atom stereocenters. The molecular formula is C15H19NO2. The molecule has 0 bridgehead atoms. The predicted octanol–water partition coefficient (Wildman–Crippen LogP) is 2.67. The lowest BCUT2D eigenvalue weighted by atomic mass is 10.1. The van der Waals surface area contributed by atoms with Crippen LogP contribution in [0, 0.1) is 5.92 Å². The Kier molecular flexibility index (Phi) is 4.40. The van der Waals surface area contributed by atoms with Crippen molar-refractivity contribution in [3.05, 3.63) is 42.0 Å². The Morgan fingerprint density at radius 2 is 2.17 bits per heavy atom. The number of methoxy groups -OCH3 is 1. The van der Waals surface area contributed by atoms with E-state index in [1.165, 1.54) is 0 Å². The van der Waals surface area contributed by atoms with Crippen LogP contribution in [0.4, 0.5) is 0 Å². The fourth-order valence-electron chi connectivity index (χ4n) is 2.12. The molecule has 1 aliphatic carbocycles. The van der Waals surface area contributed by atoms with E-state index in [2.05, 4.69) is 17.5 Å². The highest BCUT2D eigenvalue weighted by Crippen LogP contribution is 2.20. The molecule has 1 atom stereocenters. The van der Waals surface area contributed by atoms with Crippen LogP contribution in [-0.4, -0.2) is 13.0 Å². The number of allylic oxidation sites excluding steroid dienone is 2. The Bertz CT molecular complexity index is 423. The predicted molar refractivity (Wildman–Crippen MR) is 71.3 cm³/mol. The Morgan fingerprint density at radius 1 is 1.39 bits per heavy atom. The minimum Gasteiger partial charge on any atom is -0.497 e. The van der Waals surface area contributed by atoms with Gasteiger partial charge in [0.2, 0.25) is 5.91 Å². The molecule has 0 fully saturated rings. The minimum atomic E-state index is 0.127. The standard InChI is InChI=1S/C15H19NO2/c1-18-14-8-6-13(7-9-14)11-16-15(17)10-12-4-2-3-5-12/h2,4,6-9,12H,3,5,10-11H2,1H3,(H,16,17)/t12-/m1/s1. The third-order valence-electron chi connectivity index (χ3n) is 3.21. The average Bonchev–Trinajstić information content (AvgIpc) is 2.90. The number of amides is 1. The molecule has 0 heterocycles. The molecule has 0 saturated heterocycles. The van der Waals surface area contributed by atoms with E-state index in [4.69, 9.17) is 4.74 Å². The second-order valence-electron chi connectivity index (χ2n) is 4.59. The summed E-state index contributed by atoms with van der Waals surface area (Å²) >= 11 is 0. The molecule has 3 nitrogen and oxygen atoms in total. The van der Waals surface area contributed by atoms with Gasteiger partial charge in [-0.2, -0.15) is 0 Å². The van der Waals surface area contributed by atoms with Gasteiger partial charge in [-0.1, -0.05) is 24.3 Å². The first-order chi connectivity index (χ1) is 8.78. The van der Waals surface area contributed by atoms with Crippen molar-refractivity contribution < 1.29 is 9.53 Å². The smallest absolute Gasteiger partial charge is 0.220 e. The molecule has 18 heavy (non-hydrogen) atoms. The molecule has 0 saturated carbocycles. The zero-order valence-electron chi connectivity index (χ0n) is 10.7. The van der Waals surface area contributed by atoms with Gasteiger partial charge >= 0.3 is 0 Å². The van der Waals surface area contributed by atoms with Gasteiger partial charge in [-0.3, -0.25) is 4.79 Å². The largest absolute Gasteiger partial charge is 0.497 e. The number of hydrogen-bond donors (Lipinski definition) is 1. The number of benzene rings is 1. The summed E-state index contributed by atoms with van der Waals surface area (Å²) < 4.78 is 5.09. The SMILES string of the molecule is COc1ccc(CNC(=O)C[C@@H]2C=CCC2)cc1. The van der Waals surface area contributed by atoms with Crippen LogP contribution in [0.5, 0.6) is 5.75 Å². The van der Waals surface area contributed by atoms with Crippen molar-refractivity contribution in [1.29, 1.82) is 0 Å². The molecule has 0 aliphatic heterocycles. The van der Waals surface area contributed by atoms with Crippen LogP contribution in [0.15, 0.2) is 36.4 Å². The van der Waals surface area contributed by atoms with Gasteiger partial charge in [0, 0.05) is 13.0 Å². The number of nitrogens with one attached hydrogen (secondary N) is 1. The van der Waals surface area contributed by atoms with Crippen LogP contribution in [0.25, 0.3) is 0 Å². The molecule has 1 aliphatic rings. The topological polar surface area (TPSA) is 38.3 Å². The first-order valence-electron chi connectivity index (χ1n) is 6.34. The first kappa shape index (κ1) is 12.7. The van der Waals surface area contributed by atoms with Gasteiger partial charge in [0.1, 0.15) is 5.75 Å². The maximum atomic E-state index is 11.7. The van der Waals surface area contributed by atoms with Gasteiger partial charge in [-0.05, 0) is 36.5 Å². The second-order valence-corrected chi connectivity index (χ2v) is 4.59. The van der Waals surface area contributed by atoms with Gasteiger partial charge in [-0.15, -0.1) is 0 Å². The van der Waals surface area contributed by atoms with E-state index in [0.29, 0.717) is 18.9 Å². The number of carbonyl (C=O) groups is 1. The molecule has 0 spiro atoms. The van der Waals surface area contributed by atoms with Crippen molar-refractivity contribution in [3.8, 4) is 5.75 Å². The maximum absolute atomic E-state index is 11.7. The summed E-state index contributed by atoms with van der Waals surface area (Å²) in [5.41, 5.74) is 1.09.